The highest BCUT2D eigenvalue weighted by atomic mass is 16.3. The summed E-state index contributed by atoms with van der Waals surface area (Å²) in [5.74, 6) is -3.21. The van der Waals surface area contributed by atoms with Crippen LogP contribution in [0.5, 0.6) is 5.75 Å². The van der Waals surface area contributed by atoms with E-state index in [1.54, 1.807) is 12.1 Å². The normalized spacial score (nSPS) is 14.4. The van der Waals surface area contributed by atoms with Crippen LogP contribution in [0.15, 0.2) is 85.1 Å². The number of rotatable bonds is 18. The highest BCUT2D eigenvalue weighted by molar-refractivity contribution is 6.06. The van der Waals surface area contributed by atoms with E-state index >= 15 is 0 Å². The van der Waals surface area contributed by atoms with Gasteiger partial charge in [0.05, 0.1) is 6.54 Å². The number of amides is 6. The quantitative estimate of drug-likeness (QED) is 0.0852. The number of phenolic OH excluding ortho intramolecular Hbond substituents is 1. The molecule has 6 N–H and O–H groups in total. The Bertz CT molecular complexity index is 1890. The van der Waals surface area contributed by atoms with E-state index < -0.39 is 54.2 Å². The molecule has 0 spiro atoms. The molecule has 1 aliphatic heterocycles. The summed E-state index contributed by atoms with van der Waals surface area (Å²) in [4.78, 5) is 83.5. The van der Waals surface area contributed by atoms with E-state index in [1.807, 2.05) is 67.7 Å². The average Bonchev–Trinajstić information content (AvgIpc) is 3.73. The maximum absolute atomic E-state index is 13.7. The molecule has 6 amide bonds. The van der Waals surface area contributed by atoms with E-state index in [9.17, 15) is 33.9 Å². The summed E-state index contributed by atoms with van der Waals surface area (Å²) in [6.45, 7) is 1.83. The molecule has 3 aromatic carbocycles. The second kappa shape index (κ2) is 18.5. The fourth-order valence-corrected chi connectivity index (χ4v) is 6.41. The van der Waals surface area contributed by atoms with Crippen LogP contribution in [0.2, 0.25) is 0 Å². The summed E-state index contributed by atoms with van der Waals surface area (Å²) in [6.07, 6.45) is 4.11. The van der Waals surface area contributed by atoms with Gasteiger partial charge in [-0.25, -0.2) is 0 Å². The number of aromatic nitrogens is 1. The molecule has 1 aromatic heterocycles. The number of hydrogen-bond acceptors (Lipinski definition) is 7. The number of nitrogens with one attached hydrogen (secondary N) is 5. The first-order valence-electron chi connectivity index (χ1n) is 18.0. The van der Waals surface area contributed by atoms with Gasteiger partial charge in [0.1, 0.15) is 23.9 Å². The Morgan fingerprint density at radius 2 is 1.45 bits per heavy atom. The highest BCUT2D eigenvalue weighted by Crippen LogP contribution is 2.21. The molecule has 13 nitrogen and oxygen atoms in total. The molecule has 0 unspecified atom stereocenters. The molecule has 278 valence electrons. The highest BCUT2D eigenvalue weighted by Gasteiger charge is 2.40. The maximum atomic E-state index is 13.7. The molecule has 53 heavy (non-hydrogen) atoms. The Labute approximate surface area is 307 Å². The van der Waals surface area contributed by atoms with Crippen molar-refractivity contribution >= 4 is 46.3 Å². The summed E-state index contributed by atoms with van der Waals surface area (Å²) in [5, 5.41) is 21.6. The second-order valence-electron chi connectivity index (χ2n) is 13.2. The number of benzene rings is 3. The molecule has 1 fully saturated rings. The van der Waals surface area contributed by atoms with Crippen LogP contribution in [0.4, 0.5) is 0 Å². The Balaban J connectivity index is 1.24. The minimum atomic E-state index is -1.21. The number of likely N-dealkylation sites (tertiary alicyclic amines) is 1. The number of aromatic amines is 1. The molecule has 3 atom stereocenters. The van der Waals surface area contributed by atoms with Gasteiger partial charge in [0, 0.05) is 49.3 Å². The molecule has 0 radical (unpaired) electrons. The van der Waals surface area contributed by atoms with Crippen LogP contribution in [-0.4, -0.2) is 81.6 Å². The van der Waals surface area contributed by atoms with E-state index in [0.717, 1.165) is 33.4 Å². The topological polar surface area (TPSA) is 190 Å². The summed E-state index contributed by atoms with van der Waals surface area (Å²) in [5.41, 5.74) is 3.40. The molecule has 0 aliphatic carbocycles. The third-order valence-electron chi connectivity index (χ3n) is 9.28. The van der Waals surface area contributed by atoms with Gasteiger partial charge in [-0.05, 0) is 47.7 Å². The number of phenols is 1. The van der Waals surface area contributed by atoms with E-state index in [-0.39, 0.29) is 43.8 Å². The minimum Gasteiger partial charge on any atom is -0.508 e. The summed E-state index contributed by atoms with van der Waals surface area (Å²) >= 11 is 0. The van der Waals surface area contributed by atoms with Crippen molar-refractivity contribution in [2.75, 3.05) is 13.1 Å². The third kappa shape index (κ3) is 10.5. The predicted molar refractivity (Wildman–Crippen MR) is 198 cm³/mol. The van der Waals surface area contributed by atoms with Crippen LogP contribution in [-0.2, 0) is 48.0 Å². The number of fused-ring (bicyclic) bond motifs is 1. The van der Waals surface area contributed by atoms with Crippen molar-refractivity contribution in [2.45, 2.75) is 76.4 Å². The molecule has 4 aromatic rings. The molecule has 1 aliphatic rings. The van der Waals surface area contributed by atoms with Crippen LogP contribution in [0, 0.1) is 0 Å². The molecular weight excluding hydrogens is 676 g/mol. The standard InChI is InChI=1S/C40H46N6O7/c1-2-3-12-32(45-40(53)34(46-36(49)18-19-37(46)50)22-27-14-16-29(47)17-15-27)38(51)43-25-35(48)44-33(23-28-24-42-31-13-8-7-11-30(28)31)39(52)41-21-20-26-9-5-4-6-10-26/h4-11,13-17,24,32-34,42,47H,2-3,12,18-23,25H2,1H3,(H,41,52)(H,43,51)(H,44,48)(H,45,53)/t32-,33+,34-/m0/s1. The van der Waals surface area contributed by atoms with Gasteiger partial charge in [-0.1, -0.05) is 80.4 Å². The second-order valence-corrected chi connectivity index (χ2v) is 13.2. The van der Waals surface area contributed by atoms with Crippen LogP contribution in [0.1, 0.15) is 55.7 Å². The lowest BCUT2D eigenvalue weighted by Crippen LogP contribution is -2.56. The van der Waals surface area contributed by atoms with Crippen molar-refractivity contribution in [1.29, 1.82) is 0 Å². The molecule has 2 heterocycles. The van der Waals surface area contributed by atoms with E-state index in [2.05, 4.69) is 26.3 Å². The van der Waals surface area contributed by atoms with Crippen LogP contribution in [0.25, 0.3) is 10.9 Å². The molecule has 1 saturated heterocycles. The molecule has 5 rings (SSSR count). The smallest absolute Gasteiger partial charge is 0.244 e. The number of para-hydroxylation sites is 1. The van der Waals surface area contributed by atoms with Crippen molar-refractivity contribution in [3.05, 3.63) is 102 Å². The number of hydrogen-bond donors (Lipinski definition) is 6. The van der Waals surface area contributed by atoms with Crippen molar-refractivity contribution in [2.24, 2.45) is 0 Å². The molecule has 0 saturated carbocycles. The zero-order chi connectivity index (χ0) is 37.7. The first-order chi connectivity index (χ1) is 25.6. The van der Waals surface area contributed by atoms with Gasteiger partial charge in [-0.2, -0.15) is 0 Å². The third-order valence-corrected chi connectivity index (χ3v) is 9.28. The summed E-state index contributed by atoms with van der Waals surface area (Å²) < 4.78 is 0. The van der Waals surface area contributed by atoms with Gasteiger partial charge in [-0.3, -0.25) is 33.7 Å². The minimum absolute atomic E-state index is 0.0145. The van der Waals surface area contributed by atoms with E-state index in [0.29, 0.717) is 24.9 Å². The monoisotopic (exact) mass is 722 g/mol. The van der Waals surface area contributed by atoms with Gasteiger partial charge in [0.15, 0.2) is 0 Å². The van der Waals surface area contributed by atoms with Crippen LogP contribution >= 0.6 is 0 Å². The Morgan fingerprint density at radius 3 is 2.17 bits per heavy atom. The van der Waals surface area contributed by atoms with Gasteiger partial charge >= 0.3 is 0 Å². The number of H-pyrrole nitrogens is 1. The van der Waals surface area contributed by atoms with Gasteiger partial charge < -0.3 is 31.4 Å². The van der Waals surface area contributed by atoms with E-state index in [1.165, 1.54) is 12.1 Å². The number of aromatic hydroxyl groups is 1. The maximum Gasteiger partial charge on any atom is 0.244 e. The number of nitrogens with zero attached hydrogens (tertiary/aromatic N) is 1. The Hall–Kier alpha value is -5.98. The van der Waals surface area contributed by atoms with E-state index in [4.69, 9.17) is 0 Å². The Kier molecular flexibility index (Phi) is 13.3. The zero-order valence-corrected chi connectivity index (χ0v) is 29.7. The van der Waals surface area contributed by atoms with Crippen LogP contribution < -0.4 is 21.3 Å². The zero-order valence-electron chi connectivity index (χ0n) is 29.7. The number of unbranched alkanes of at least 4 members (excludes halogenated alkanes) is 1. The number of imide groups is 1. The predicted octanol–water partition coefficient (Wildman–Crippen LogP) is 2.81. The van der Waals surface area contributed by atoms with Crippen molar-refractivity contribution < 1.29 is 33.9 Å². The lowest BCUT2D eigenvalue weighted by atomic mass is 10.0. The van der Waals surface area contributed by atoms with Gasteiger partial charge in [0.2, 0.25) is 35.4 Å². The number of carbonyl (C=O) groups excluding carboxylic acids is 6. The molecule has 0 bridgehead atoms. The fraction of sp³-hybridized carbons (Fsp3) is 0.350. The lowest BCUT2D eigenvalue weighted by molar-refractivity contribution is -0.147. The molecule has 13 heteroatoms. The van der Waals surface area contributed by atoms with Gasteiger partial charge in [0.25, 0.3) is 0 Å². The average molecular weight is 723 g/mol. The van der Waals surface area contributed by atoms with Crippen LogP contribution in [0.3, 0.4) is 0 Å². The first-order valence-corrected chi connectivity index (χ1v) is 18.0. The van der Waals surface area contributed by atoms with Crippen molar-refractivity contribution in [1.82, 2.24) is 31.2 Å². The Morgan fingerprint density at radius 1 is 0.774 bits per heavy atom. The van der Waals surface area contributed by atoms with Gasteiger partial charge in [-0.15, -0.1) is 0 Å². The number of carbonyl (C=O) groups is 6. The largest absolute Gasteiger partial charge is 0.508 e. The van der Waals surface area contributed by atoms with Crippen molar-refractivity contribution in [3.8, 4) is 5.75 Å². The van der Waals surface area contributed by atoms with Crippen molar-refractivity contribution in [3.63, 3.8) is 0 Å². The first kappa shape index (κ1) is 38.3. The lowest BCUT2D eigenvalue weighted by Gasteiger charge is -2.28. The SMILES string of the molecule is CCCC[C@H](NC(=O)[C@H](Cc1ccc(O)cc1)N1C(=O)CCC1=O)C(=O)NCC(=O)N[C@H](Cc1c[nH]c2ccccc12)C(=O)NCCc1ccccc1. The summed E-state index contributed by atoms with van der Waals surface area (Å²) in [6, 6.07) is 20.2. The molecular formula is C40H46N6O7. The fourth-order valence-electron chi connectivity index (χ4n) is 6.41. The summed E-state index contributed by atoms with van der Waals surface area (Å²) in [7, 11) is 0.